The second-order valence-corrected chi connectivity index (χ2v) is 18.2. The van der Waals surface area contributed by atoms with Gasteiger partial charge in [0, 0.05) is 19.3 Å². The van der Waals surface area contributed by atoms with E-state index in [0.29, 0.717) is 19.3 Å². The van der Waals surface area contributed by atoms with E-state index in [0.717, 1.165) is 70.6 Å². The van der Waals surface area contributed by atoms with Crippen molar-refractivity contribution in [2.24, 2.45) is 0 Å². The van der Waals surface area contributed by atoms with Gasteiger partial charge < -0.3 is 14.2 Å². The van der Waals surface area contributed by atoms with Gasteiger partial charge in [-0.05, 0) is 64.2 Å². The molecule has 0 aromatic heterocycles. The van der Waals surface area contributed by atoms with Crippen LogP contribution in [0.2, 0.25) is 0 Å². The summed E-state index contributed by atoms with van der Waals surface area (Å²) in [7, 11) is 0. The summed E-state index contributed by atoms with van der Waals surface area (Å²) in [6, 6.07) is 0. The normalized spacial score (nSPS) is 12.6. The molecule has 0 aromatic rings. The van der Waals surface area contributed by atoms with Crippen LogP contribution in [-0.4, -0.2) is 37.2 Å². The second kappa shape index (κ2) is 53.5. The molecule has 0 bridgehead atoms. The van der Waals surface area contributed by atoms with E-state index < -0.39 is 6.10 Å². The molecule has 1 atom stereocenters. The number of carbonyl (C=O) groups is 3. The van der Waals surface area contributed by atoms with Gasteiger partial charge in [0.2, 0.25) is 0 Å². The van der Waals surface area contributed by atoms with E-state index in [1.54, 1.807) is 0 Å². The molecular weight excluding hydrogens is 805 g/mol. The Labute approximate surface area is 402 Å². The van der Waals surface area contributed by atoms with Crippen molar-refractivity contribution in [1.82, 2.24) is 0 Å². The van der Waals surface area contributed by atoms with Crippen molar-refractivity contribution in [3.63, 3.8) is 0 Å². The predicted molar refractivity (Wildman–Crippen MR) is 279 cm³/mol. The zero-order valence-corrected chi connectivity index (χ0v) is 42.7. The molecule has 0 spiro atoms. The van der Waals surface area contributed by atoms with E-state index in [1.165, 1.54) is 154 Å². The van der Waals surface area contributed by atoms with Gasteiger partial charge in [0.15, 0.2) is 6.10 Å². The van der Waals surface area contributed by atoms with Gasteiger partial charge in [-0.25, -0.2) is 0 Å². The van der Waals surface area contributed by atoms with Crippen LogP contribution in [-0.2, 0) is 28.6 Å². The fraction of sp³-hybridized carbons (Fsp3) is 0.746. The molecule has 0 fully saturated rings. The number of unbranched alkanes of at least 4 members (excludes halogenated alkanes) is 30. The van der Waals surface area contributed by atoms with Gasteiger partial charge in [0.05, 0.1) is 0 Å². The number of hydrogen-bond donors (Lipinski definition) is 0. The number of esters is 3. The molecule has 6 heteroatoms. The molecule has 0 aliphatic heterocycles. The Bertz CT molecular complexity index is 1230. The van der Waals surface area contributed by atoms with Crippen molar-refractivity contribution >= 4 is 17.9 Å². The monoisotopic (exact) mass is 907 g/mol. The highest BCUT2D eigenvalue weighted by Crippen LogP contribution is 2.16. The maximum Gasteiger partial charge on any atom is 0.306 e. The molecule has 374 valence electrons. The van der Waals surface area contributed by atoms with Crippen molar-refractivity contribution in [1.29, 1.82) is 0 Å². The van der Waals surface area contributed by atoms with Gasteiger partial charge in [-0.1, -0.05) is 254 Å². The molecule has 0 saturated carbocycles. The highest BCUT2D eigenvalue weighted by molar-refractivity contribution is 5.71. The molecule has 6 nitrogen and oxygen atoms in total. The molecule has 0 saturated heterocycles. The summed E-state index contributed by atoms with van der Waals surface area (Å²) in [4.78, 5) is 38.1. The SMILES string of the molecule is CC/C=C/C=C/C=C/C=C/CCCCCC(=O)OCC(COC(=O)CCCCCCCCCCCC/C=C/C=C/CCCCC)OC(=O)CCCCCCCCCCCCCCCCC. The van der Waals surface area contributed by atoms with Crippen LogP contribution < -0.4 is 0 Å². The van der Waals surface area contributed by atoms with Gasteiger partial charge >= 0.3 is 17.9 Å². The minimum atomic E-state index is -0.791. The van der Waals surface area contributed by atoms with E-state index in [1.807, 2.05) is 30.4 Å². The van der Waals surface area contributed by atoms with E-state index in [4.69, 9.17) is 14.2 Å². The molecule has 0 aromatic carbocycles. The van der Waals surface area contributed by atoms with E-state index in [2.05, 4.69) is 63.3 Å². The summed E-state index contributed by atoms with van der Waals surface area (Å²) in [6.07, 6.45) is 67.4. The maximum atomic E-state index is 12.8. The molecule has 1 unspecified atom stereocenters. The van der Waals surface area contributed by atoms with Crippen LogP contribution in [0.1, 0.15) is 265 Å². The molecule has 0 aliphatic carbocycles. The number of rotatable bonds is 49. The average molecular weight is 907 g/mol. The minimum absolute atomic E-state index is 0.0881. The van der Waals surface area contributed by atoms with Crippen LogP contribution in [0.3, 0.4) is 0 Å². The largest absolute Gasteiger partial charge is 0.462 e. The third-order valence-corrected chi connectivity index (χ3v) is 11.8. The lowest BCUT2D eigenvalue weighted by Gasteiger charge is -2.18. The van der Waals surface area contributed by atoms with Gasteiger partial charge in [0.1, 0.15) is 13.2 Å². The molecular formula is C59H102O6. The number of ether oxygens (including phenoxy) is 3. The summed E-state index contributed by atoms with van der Waals surface area (Å²) in [6.45, 7) is 6.45. The van der Waals surface area contributed by atoms with E-state index in [9.17, 15) is 14.4 Å². The molecule has 0 N–H and O–H groups in total. The van der Waals surface area contributed by atoms with Gasteiger partial charge in [-0.15, -0.1) is 0 Å². The molecule has 0 aliphatic rings. The quantitative estimate of drug-likeness (QED) is 0.0262. The number of allylic oxidation sites excluding steroid dienone is 12. The van der Waals surface area contributed by atoms with Gasteiger partial charge in [-0.2, -0.15) is 0 Å². The lowest BCUT2D eigenvalue weighted by molar-refractivity contribution is -0.167. The molecule has 0 rings (SSSR count). The zero-order chi connectivity index (χ0) is 47.2. The third-order valence-electron chi connectivity index (χ3n) is 11.8. The first-order valence-electron chi connectivity index (χ1n) is 27.5. The summed E-state index contributed by atoms with van der Waals surface area (Å²) in [5, 5.41) is 0. The van der Waals surface area contributed by atoms with Crippen molar-refractivity contribution in [3.05, 3.63) is 72.9 Å². The zero-order valence-electron chi connectivity index (χ0n) is 42.7. The van der Waals surface area contributed by atoms with Crippen LogP contribution in [0, 0.1) is 0 Å². The second-order valence-electron chi connectivity index (χ2n) is 18.2. The Kier molecular flexibility index (Phi) is 50.9. The predicted octanol–water partition coefficient (Wildman–Crippen LogP) is 18.2. The fourth-order valence-corrected chi connectivity index (χ4v) is 7.68. The smallest absolute Gasteiger partial charge is 0.306 e. The standard InChI is InChI=1S/C59H102O6/c1-4-7-10-13-16-19-22-25-27-28-29-30-32-34-37-40-43-46-49-52-58(61)64-55-56(54-63-57(60)51-48-45-42-39-36-33-24-21-18-15-12-9-6-3)65-59(62)53-50-47-44-41-38-35-31-26-23-20-17-14-11-8-5-2/h9,12,15-16,18-19,21-22,24-25,33,36,56H,4-8,10-11,13-14,17,20,23,26-32,34-35,37-55H2,1-3H3/b12-9+,18-15+,19-16+,24-21+,25-22+,36-33+. The average Bonchev–Trinajstić information content (AvgIpc) is 3.30. The van der Waals surface area contributed by atoms with Crippen molar-refractivity contribution < 1.29 is 28.6 Å². The Morgan fingerprint density at radius 3 is 1.00 bits per heavy atom. The minimum Gasteiger partial charge on any atom is -0.462 e. The Morgan fingerprint density at radius 1 is 0.323 bits per heavy atom. The maximum absolute atomic E-state index is 12.8. The van der Waals surface area contributed by atoms with Crippen LogP contribution in [0.5, 0.6) is 0 Å². The van der Waals surface area contributed by atoms with Gasteiger partial charge in [-0.3, -0.25) is 14.4 Å². The van der Waals surface area contributed by atoms with Crippen LogP contribution in [0.4, 0.5) is 0 Å². The Morgan fingerprint density at radius 2 is 0.600 bits per heavy atom. The molecule has 0 radical (unpaired) electrons. The molecule has 0 heterocycles. The highest BCUT2D eigenvalue weighted by atomic mass is 16.6. The number of carbonyl (C=O) groups excluding carboxylic acids is 3. The van der Waals surface area contributed by atoms with E-state index >= 15 is 0 Å². The first-order valence-corrected chi connectivity index (χ1v) is 27.5. The van der Waals surface area contributed by atoms with Crippen LogP contribution in [0.25, 0.3) is 0 Å². The lowest BCUT2D eigenvalue weighted by Crippen LogP contribution is -2.30. The van der Waals surface area contributed by atoms with Crippen LogP contribution in [0.15, 0.2) is 72.9 Å². The fourth-order valence-electron chi connectivity index (χ4n) is 7.68. The first-order chi connectivity index (χ1) is 32.0. The summed E-state index contributed by atoms with van der Waals surface area (Å²) >= 11 is 0. The van der Waals surface area contributed by atoms with Crippen molar-refractivity contribution in [2.75, 3.05) is 13.2 Å². The summed E-state index contributed by atoms with van der Waals surface area (Å²) in [5.41, 5.74) is 0. The Hall–Kier alpha value is -3.15. The van der Waals surface area contributed by atoms with Crippen LogP contribution >= 0.6 is 0 Å². The lowest BCUT2D eigenvalue weighted by atomic mass is 10.0. The molecule has 65 heavy (non-hydrogen) atoms. The topological polar surface area (TPSA) is 78.9 Å². The molecule has 0 amide bonds. The van der Waals surface area contributed by atoms with Gasteiger partial charge in [0.25, 0.3) is 0 Å². The third kappa shape index (κ3) is 51.7. The summed E-state index contributed by atoms with van der Waals surface area (Å²) < 4.78 is 16.8. The highest BCUT2D eigenvalue weighted by Gasteiger charge is 2.19. The van der Waals surface area contributed by atoms with Crippen molar-refractivity contribution in [3.8, 4) is 0 Å². The number of hydrogen-bond acceptors (Lipinski definition) is 6. The summed E-state index contributed by atoms with van der Waals surface area (Å²) in [5.74, 6) is -0.924. The van der Waals surface area contributed by atoms with Crippen molar-refractivity contribution in [2.45, 2.75) is 271 Å². The van der Waals surface area contributed by atoms with E-state index in [-0.39, 0.29) is 31.1 Å². The Balaban J connectivity index is 4.39. The first kappa shape index (κ1) is 61.9.